The Bertz CT molecular complexity index is 473. The topological polar surface area (TPSA) is 77.8 Å². The number of hydrogen-bond donors (Lipinski definition) is 3. The number of phenolic OH excluding ortho intramolecular Hbond substituents is 1. The molecule has 1 aromatic rings. The highest BCUT2D eigenvalue weighted by molar-refractivity contribution is 5.92. The molecule has 4 nitrogen and oxygen atoms in total. The molecule has 1 aromatic carbocycles. The number of aryl methyl sites for hydroxylation is 1. The summed E-state index contributed by atoms with van der Waals surface area (Å²) in [7, 11) is 0. The molecule has 0 bridgehead atoms. The van der Waals surface area contributed by atoms with Gasteiger partial charge >= 0.3 is 5.97 Å². The quantitative estimate of drug-likeness (QED) is 0.753. The maximum atomic E-state index is 11.1. The average Bonchev–Trinajstić information content (AvgIpc) is 2.35. The molecular weight excluding hydrogens is 232 g/mol. The first-order valence-corrected chi connectivity index (χ1v) is 6.31. The monoisotopic (exact) mass is 250 g/mol. The van der Waals surface area contributed by atoms with E-state index in [0.717, 1.165) is 32.1 Å². The van der Waals surface area contributed by atoms with Gasteiger partial charge in [-0.3, -0.25) is 0 Å². The maximum Gasteiger partial charge on any atom is 0.339 e. The summed E-state index contributed by atoms with van der Waals surface area (Å²) in [6, 6.07) is 1.32. The van der Waals surface area contributed by atoms with Crippen LogP contribution in [0.1, 0.15) is 59.5 Å². The first-order chi connectivity index (χ1) is 8.52. The smallest absolute Gasteiger partial charge is 0.339 e. The van der Waals surface area contributed by atoms with Gasteiger partial charge in [0.15, 0.2) is 0 Å². The Hall–Kier alpha value is -1.71. The van der Waals surface area contributed by atoms with Crippen LogP contribution in [0.3, 0.4) is 0 Å². The Morgan fingerprint density at radius 2 is 1.78 bits per heavy atom. The number of carboxylic acid groups (broad SMARTS) is 1. The molecule has 3 N–H and O–H groups in total. The Kier molecular flexibility index (Phi) is 3.45. The Balaban J connectivity index is 2.53. The summed E-state index contributed by atoms with van der Waals surface area (Å²) >= 11 is 0. The Labute approximate surface area is 106 Å². The van der Waals surface area contributed by atoms with E-state index >= 15 is 0 Å². The van der Waals surface area contributed by atoms with E-state index in [2.05, 4.69) is 0 Å². The first kappa shape index (κ1) is 12.7. The van der Waals surface area contributed by atoms with Crippen molar-refractivity contribution in [1.82, 2.24) is 0 Å². The van der Waals surface area contributed by atoms with Crippen LogP contribution in [0.25, 0.3) is 0 Å². The summed E-state index contributed by atoms with van der Waals surface area (Å²) in [5, 5.41) is 29.2. The molecule has 1 aliphatic rings. The minimum absolute atomic E-state index is 0.0457. The second-order valence-electron chi connectivity index (χ2n) is 4.99. The zero-order valence-electron chi connectivity index (χ0n) is 10.4. The van der Waals surface area contributed by atoms with E-state index in [1.165, 1.54) is 6.07 Å². The second kappa shape index (κ2) is 4.88. The second-order valence-corrected chi connectivity index (χ2v) is 4.99. The number of carbonyl (C=O) groups is 1. The minimum atomic E-state index is -1.16. The third-order valence-corrected chi connectivity index (χ3v) is 3.74. The summed E-state index contributed by atoms with van der Waals surface area (Å²) < 4.78 is 0. The van der Waals surface area contributed by atoms with Gasteiger partial charge in [-0.1, -0.05) is 19.3 Å². The number of aromatic hydroxyl groups is 2. The van der Waals surface area contributed by atoms with E-state index in [1.54, 1.807) is 6.92 Å². The van der Waals surface area contributed by atoms with Crippen LogP contribution in [-0.2, 0) is 0 Å². The summed E-state index contributed by atoms with van der Waals surface area (Å²) in [6.07, 6.45) is 5.06. The highest BCUT2D eigenvalue weighted by Gasteiger charge is 2.26. The fourth-order valence-corrected chi connectivity index (χ4v) is 2.76. The molecule has 0 atom stereocenters. The van der Waals surface area contributed by atoms with Crippen molar-refractivity contribution >= 4 is 5.97 Å². The summed E-state index contributed by atoms with van der Waals surface area (Å²) in [4.78, 5) is 11.1. The van der Waals surface area contributed by atoms with E-state index in [4.69, 9.17) is 5.11 Å². The molecule has 18 heavy (non-hydrogen) atoms. The van der Waals surface area contributed by atoms with Gasteiger partial charge in [-0.05, 0) is 37.3 Å². The molecule has 0 radical (unpaired) electrons. The molecule has 0 aromatic heterocycles. The molecule has 1 saturated carbocycles. The minimum Gasteiger partial charge on any atom is -0.507 e. The van der Waals surface area contributed by atoms with Crippen LogP contribution >= 0.6 is 0 Å². The molecule has 0 spiro atoms. The SMILES string of the molecule is Cc1cc(C(=O)O)c(O)c(C2CCCCC2)c1O. The Morgan fingerprint density at radius 3 is 2.33 bits per heavy atom. The molecule has 98 valence electrons. The van der Waals surface area contributed by atoms with Gasteiger partial charge in [-0.25, -0.2) is 4.79 Å². The lowest BCUT2D eigenvalue weighted by molar-refractivity contribution is 0.0693. The van der Waals surface area contributed by atoms with Crippen LogP contribution in [0, 0.1) is 6.92 Å². The van der Waals surface area contributed by atoms with Crippen molar-refractivity contribution in [2.24, 2.45) is 0 Å². The largest absolute Gasteiger partial charge is 0.507 e. The first-order valence-electron chi connectivity index (χ1n) is 6.31. The molecule has 0 heterocycles. The fraction of sp³-hybridized carbons (Fsp3) is 0.500. The van der Waals surface area contributed by atoms with Gasteiger partial charge in [0.25, 0.3) is 0 Å². The molecule has 0 unspecified atom stereocenters. The number of aromatic carboxylic acids is 1. The molecule has 1 aliphatic carbocycles. The zero-order chi connectivity index (χ0) is 13.3. The zero-order valence-corrected chi connectivity index (χ0v) is 10.4. The standard InChI is InChI=1S/C14H18O4/c1-8-7-10(14(17)18)13(16)11(12(8)15)9-5-3-2-4-6-9/h7,9,15-16H,2-6H2,1H3,(H,17,18). The van der Waals surface area contributed by atoms with Gasteiger partial charge in [0.05, 0.1) is 0 Å². The van der Waals surface area contributed by atoms with Gasteiger partial charge in [0.2, 0.25) is 0 Å². The van der Waals surface area contributed by atoms with E-state index in [-0.39, 0.29) is 23.0 Å². The van der Waals surface area contributed by atoms with Crippen LogP contribution in [0.4, 0.5) is 0 Å². The van der Waals surface area contributed by atoms with E-state index in [0.29, 0.717) is 11.1 Å². The van der Waals surface area contributed by atoms with Crippen LogP contribution in [0.15, 0.2) is 6.07 Å². The van der Waals surface area contributed by atoms with Crippen molar-refractivity contribution in [3.63, 3.8) is 0 Å². The summed E-state index contributed by atoms with van der Waals surface area (Å²) in [6.45, 7) is 1.66. The molecule has 0 aliphatic heterocycles. The van der Waals surface area contributed by atoms with Crippen LogP contribution in [0.2, 0.25) is 0 Å². The van der Waals surface area contributed by atoms with Crippen LogP contribution in [-0.4, -0.2) is 21.3 Å². The van der Waals surface area contributed by atoms with Crippen molar-refractivity contribution in [1.29, 1.82) is 0 Å². The predicted molar refractivity (Wildman–Crippen MR) is 67.3 cm³/mol. The Morgan fingerprint density at radius 1 is 1.17 bits per heavy atom. The predicted octanol–water partition coefficient (Wildman–Crippen LogP) is 3.15. The van der Waals surface area contributed by atoms with Crippen molar-refractivity contribution in [2.45, 2.75) is 44.9 Å². The third kappa shape index (κ3) is 2.15. The van der Waals surface area contributed by atoms with E-state index < -0.39 is 5.97 Å². The summed E-state index contributed by atoms with van der Waals surface area (Å²) in [5.41, 5.74) is 0.809. The van der Waals surface area contributed by atoms with Crippen molar-refractivity contribution in [2.75, 3.05) is 0 Å². The van der Waals surface area contributed by atoms with Gasteiger partial charge in [0.1, 0.15) is 17.1 Å². The molecule has 2 rings (SSSR count). The lowest BCUT2D eigenvalue weighted by Crippen LogP contribution is -2.08. The highest BCUT2D eigenvalue weighted by Crippen LogP contribution is 2.44. The number of hydrogen-bond acceptors (Lipinski definition) is 3. The average molecular weight is 250 g/mol. The molecule has 4 heteroatoms. The molecular formula is C14H18O4. The molecule has 0 saturated heterocycles. The van der Waals surface area contributed by atoms with Crippen LogP contribution in [0.5, 0.6) is 11.5 Å². The summed E-state index contributed by atoms with van der Waals surface area (Å²) in [5.74, 6) is -1.31. The van der Waals surface area contributed by atoms with Gasteiger partial charge in [-0.15, -0.1) is 0 Å². The molecule has 1 fully saturated rings. The number of benzene rings is 1. The van der Waals surface area contributed by atoms with E-state index in [9.17, 15) is 15.0 Å². The van der Waals surface area contributed by atoms with Gasteiger partial charge in [0, 0.05) is 5.56 Å². The fourth-order valence-electron chi connectivity index (χ4n) is 2.76. The van der Waals surface area contributed by atoms with Gasteiger partial charge < -0.3 is 15.3 Å². The van der Waals surface area contributed by atoms with Crippen molar-refractivity contribution in [3.8, 4) is 11.5 Å². The van der Waals surface area contributed by atoms with Crippen molar-refractivity contribution < 1.29 is 20.1 Å². The normalized spacial score (nSPS) is 16.7. The van der Waals surface area contributed by atoms with Crippen LogP contribution < -0.4 is 0 Å². The van der Waals surface area contributed by atoms with E-state index in [1.807, 2.05) is 0 Å². The highest BCUT2D eigenvalue weighted by atomic mass is 16.4. The number of phenols is 2. The third-order valence-electron chi connectivity index (χ3n) is 3.74. The lowest BCUT2D eigenvalue weighted by Gasteiger charge is -2.24. The maximum absolute atomic E-state index is 11.1. The van der Waals surface area contributed by atoms with Gasteiger partial charge in [-0.2, -0.15) is 0 Å². The lowest BCUT2D eigenvalue weighted by atomic mass is 9.81. The molecule has 0 amide bonds. The van der Waals surface area contributed by atoms with Crippen molar-refractivity contribution in [3.05, 3.63) is 22.8 Å². The number of carboxylic acids is 1. The number of rotatable bonds is 2.